The lowest BCUT2D eigenvalue weighted by molar-refractivity contribution is 0.601. The molecule has 0 aliphatic carbocycles. The molecule has 2 aromatic rings. The van der Waals surface area contributed by atoms with Crippen LogP contribution in [0.25, 0.3) is 0 Å². The van der Waals surface area contributed by atoms with E-state index >= 15 is 0 Å². The number of nitrogens with two attached hydrogens (primary N) is 1. The minimum absolute atomic E-state index is 0.298. The van der Waals surface area contributed by atoms with Gasteiger partial charge in [0, 0.05) is 6.26 Å². The summed E-state index contributed by atoms with van der Waals surface area (Å²) >= 11 is 0. The molecule has 2 rings (SSSR count). The van der Waals surface area contributed by atoms with Crippen molar-refractivity contribution >= 4 is 9.84 Å². The van der Waals surface area contributed by atoms with Crippen molar-refractivity contribution in [3.63, 3.8) is 0 Å². The molecule has 1 unspecified atom stereocenters. The number of hydrogen-bond acceptors (Lipinski definition) is 3. The molecule has 2 aromatic carbocycles. The maximum atomic E-state index is 11.5. The minimum Gasteiger partial charge on any atom is -0.320 e. The van der Waals surface area contributed by atoms with Gasteiger partial charge < -0.3 is 5.73 Å². The first kappa shape index (κ1) is 12.8. The maximum Gasteiger partial charge on any atom is 0.175 e. The van der Waals surface area contributed by atoms with Gasteiger partial charge in [-0.05, 0) is 23.3 Å². The minimum atomic E-state index is -3.20. The molecule has 3 nitrogen and oxygen atoms in total. The van der Waals surface area contributed by atoms with Gasteiger partial charge in [0.1, 0.15) is 0 Å². The van der Waals surface area contributed by atoms with Crippen molar-refractivity contribution in [3.05, 3.63) is 65.7 Å². The van der Waals surface area contributed by atoms with Crippen LogP contribution in [-0.4, -0.2) is 14.7 Å². The number of hydrogen-bond donors (Lipinski definition) is 1. The van der Waals surface area contributed by atoms with Gasteiger partial charge in [-0.25, -0.2) is 8.42 Å². The molecular weight excluding hydrogens is 246 g/mol. The molecule has 0 heterocycles. The molecule has 0 aliphatic rings. The van der Waals surface area contributed by atoms with Crippen LogP contribution in [0.2, 0.25) is 0 Å². The number of benzene rings is 2. The topological polar surface area (TPSA) is 60.2 Å². The molecule has 0 radical (unpaired) electrons. The quantitative estimate of drug-likeness (QED) is 0.920. The van der Waals surface area contributed by atoms with Gasteiger partial charge >= 0.3 is 0 Å². The fraction of sp³-hybridized carbons (Fsp3) is 0.143. The smallest absolute Gasteiger partial charge is 0.175 e. The van der Waals surface area contributed by atoms with Crippen LogP contribution in [-0.2, 0) is 9.84 Å². The average molecular weight is 261 g/mol. The molecule has 0 fully saturated rings. The Kier molecular flexibility index (Phi) is 3.50. The summed E-state index contributed by atoms with van der Waals surface area (Å²) in [5.41, 5.74) is 7.89. The molecule has 0 spiro atoms. The average Bonchev–Trinajstić information content (AvgIpc) is 2.38. The van der Waals surface area contributed by atoms with Crippen LogP contribution in [0.15, 0.2) is 59.5 Å². The third kappa shape index (κ3) is 2.78. The second-order valence-corrected chi connectivity index (χ2v) is 6.25. The predicted molar refractivity (Wildman–Crippen MR) is 72.0 cm³/mol. The van der Waals surface area contributed by atoms with Crippen molar-refractivity contribution in [1.29, 1.82) is 0 Å². The van der Waals surface area contributed by atoms with Gasteiger partial charge in [0.05, 0.1) is 10.9 Å². The molecule has 18 heavy (non-hydrogen) atoms. The number of sulfone groups is 1. The van der Waals surface area contributed by atoms with Gasteiger partial charge in [-0.1, -0.05) is 42.5 Å². The van der Waals surface area contributed by atoms with Crippen molar-refractivity contribution in [2.75, 3.05) is 6.26 Å². The highest BCUT2D eigenvalue weighted by Gasteiger charge is 2.12. The Morgan fingerprint density at radius 2 is 1.56 bits per heavy atom. The van der Waals surface area contributed by atoms with Crippen LogP contribution in [0.1, 0.15) is 17.2 Å². The van der Waals surface area contributed by atoms with E-state index in [1.165, 1.54) is 6.26 Å². The van der Waals surface area contributed by atoms with E-state index in [4.69, 9.17) is 5.73 Å². The lowest BCUT2D eigenvalue weighted by atomic mass is 10.00. The summed E-state index contributed by atoms with van der Waals surface area (Å²) in [6.45, 7) is 0. The monoisotopic (exact) mass is 261 g/mol. The SMILES string of the molecule is CS(=O)(=O)c1cccc(C(N)c2ccccc2)c1. The second kappa shape index (κ2) is 4.92. The highest BCUT2D eigenvalue weighted by atomic mass is 32.2. The first-order valence-electron chi connectivity index (χ1n) is 5.59. The van der Waals surface area contributed by atoms with Gasteiger partial charge in [-0.3, -0.25) is 0 Å². The van der Waals surface area contributed by atoms with Crippen molar-refractivity contribution in [1.82, 2.24) is 0 Å². The lowest BCUT2D eigenvalue weighted by Gasteiger charge is -2.13. The van der Waals surface area contributed by atoms with Gasteiger partial charge in [0.25, 0.3) is 0 Å². The Morgan fingerprint density at radius 3 is 2.17 bits per heavy atom. The first-order chi connectivity index (χ1) is 8.48. The molecule has 0 aromatic heterocycles. The standard InChI is InChI=1S/C14H15NO2S/c1-18(16,17)13-9-5-8-12(10-13)14(15)11-6-3-2-4-7-11/h2-10,14H,15H2,1H3. The summed E-state index contributed by atoms with van der Waals surface area (Å²) in [7, 11) is -3.20. The van der Waals surface area contributed by atoms with E-state index < -0.39 is 9.84 Å². The van der Waals surface area contributed by atoms with Gasteiger partial charge in [0.15, 0.2) is 9.84 Å². The number of rotatable bonds is 3. The molecule has 0 amide bonds. The van der Waals surface area contributed by atoms with Crippen molar-refractivity contribution in [2.45, 2.75) is 10.9 Å². The summed E-state index contributed by atoms with van der Waals surface area (Å²) in [6.07, 6.45) is 1.19. The Labute approximate surface area is 107 Å². The molecule has 0 bridgehead atoms. The van der Waals surface area contributed by atoms with E-state index in [2.05, 4.69) is 0 Å². The zero-order valence-electron chi connectivity index (χ0n) is 10.1. The van der Waals surface area contributed by atoms with Crippen LogP contribution in [0.3, 0.4) is 0 Å². The van der Waals surface area contributed by atoms with E-state index in [9.17, 15) is 8.42 Å². The van der Waals surface area contributed by atoms with Crippen LogP contribution in [0.4, 0.5) is 0 Å². The van der Waals surface area contributed by atoms with Gasteiger partial charge in [0.2, 0.25) is 0 Å². The molecule has 0 saturated carbocycles. The fourth-order valence-corrected chi connectivity index (χ4v) is 2.47. The zero-order chi connectivity index (χ0) is 13.2. The molecule has 2 N–H and O–H groups in total. The summed E-state index contributed by atoms with van der Waals surface area (Å²) < 4.78 is 23.0. The van der Waals surface area contributed by atoms with Crippen LogP contribution >= 0.6 is 0 Å². The first-order valence-corrected chi connectivity index (χ1v) is 7.48. The van der Waals surface area contributed by atoms with Crippen molar-refractivity contribution in [2.24, 2.45) is 5.73 Å². The zero-order valence-corrected chi connectivity index (χ0v) is 10.9. The van der Waals surface area contributed by atoms with Crippen molar-refractivity contribution < 1.29 is 8.42 Å². The van der Waals surface area contributed by atoms with E-state index in [1.54, 1.807) is 18.2 Å². The highest BCUT2D eigenvalue weighted by Crippen LogP contribution is 2.21. The van der Waals surface area contributed by atoms with Crippen LogP contribution in [0, 0.1) is 0 Å². The Bertz CT molecular complexity index is 636. The van der Waals surface area contributed by atoms with E-state index in [-0.39, 0.29) is 6.04 Å². The second-order valence-electron chi connectivity index (χ2n) is 4.23. The van der Waals surface area contributed by atoms with E-state index in [0.29, 0.717) is 4.90 Å². The summed E-state index contributed by atoms with van der Waals surface area (Å²) in [4.78, 5) is 0.298. The van der Waals surface area contributed by atoms with Crippen LogP contribution < -0.4 is 5.73 Å². The summed E-state index contributed by atoms with van der Waals surface area (Å²) in [5.74, 6) is 0. The third-order valence-electron chi connectivity index (χ3n) is 2.80. The predicted octanol–water partition coefficient (Wildman–Crippen LogP) is 2.14. The fourth-order valence-electron chi connectivity index (χ4n) is 1.79. The third-order valence-corrected chi connectivity index (χ3v) is 3.91. The molecule has 0 saturated heterocycles. The Hall–Kier alpha value is -1.65. The van der Waals surface area contributed by atoms with E-state index in [0.717, 1.165) is 11.1 Å². The highest BCUT2D eigenvalue weighted by molar-refractivity contribution is 7.90. The maximum absolute atomic E-state index is 11.5. The van der Waals surface area contributed by atoms with E-state index in [1.807, 2.05) is 36.4 Å². The molecular formula is C14H15NO2S. The lowest BCUT2D eigenvalue weighted by Crippen LogP contribution is -2.12. The largest absolute Gasteiger partial charge is 0.320 e. The molecule has 0 aliphatic heterocycles. The summed E-state index contributed by atoms with van der Waals surface area (Å²) in [6, 6.07) is 16.1. The Balaban J connectivity index is 2.41. The molecule has 94 valence electrons. The molecule has 1 atom stereocenters. The Morgan fingerprint density at radius 1 is 0.944 bits per heavy atom. The van der Waals surface area contributed by atoms with Gasteiger partial charge in [-0.15, -0.1) is 0 Å². The van der Waals surface area contributed by atoms with Crippen molar-refractivity contribution in [3.8, 4) is 0 Å². The van der Waals surface area contributed by atoms with Crippen LogP contribution in [0.5, 0.6) is 0 Å². The van der Waals surface area contributed by atoms with Gasteiger partial charge in [-0.2, -0.15) is 0 Å². The molecule has 4 heteroatoms. The summed E-state index contributed by atoms with van der Waals surface area (Å²) in [5, 5.41) is 0. The normalized spacial score (nSPS) is 13.2.